The number of ether oxygens (including phenoxy) is 1. The van der Waals surface area contributed by atoms with Crippen molar-refractivity contribution in [3.63, 3.8) is 0 Å². The lowest BCUT2D eigenvalue weighted by Crippen LogP contribution is -2.11. The van der Waals surface area contributed by atoms with Crippen LogP contribution in [0.25, 0.3) is 0 Å². The summed E-state index contributed by atoms with van der Waals surface area (Å²) in [5.74, 6) is 7.36. The van der Waals surface area contributed by atoms with Gasteiger partial charge in [-0.15, -0.1) is 0 Å². The van der Waals surface area contributed by atoms with Gasteiger partial charge in [0.05, 0.1) is 0 Å². The summed E-state index contributed by atoms with van der Waals surface area (Å²) in [6, 6.07) is 9.73. The summed E-state index contributed by atoms with van der Waals surface area (Å²) in [5.41, 5.74) is 4.48. The Kier molecular flexibility index (Phi) is 3.97. The highest BCUT2D eigenvalue weighted by Gasteiger charge is 2.04. The molecule has 0 bridgehead atoms. The number of hydrogen-bond acceptors (Lipinski definition) is 5. The molecule has 2 aromatic rings. The molecule has 19 heavy (non-hydrogen) atoms. The van der Waals surface area contributed by atoms with E-state index in [1.165, 1.54) is 5.56 Å². The summed E-state index contributed by atoms with van der Waals surface area (Å²) in [5, 5.41) is 0. The van der Waals surface area contributed by atoms with E-state index in [1.807, 2.05) is 19.1 Å². The van der Waals surface area contributed by atoms with Gasteiger partial charge in [0.15, 0.2) is 0 Å². The molecule has 0 saturated heterocycles. The third-order valence-corrected chi connectivity index (χ3v) is 2.73. The zero-order valence-corrected chi connectivity index (χ0v) is 11.3. The number of nitrogens with two attached hydrogens (primary N) is 1. The fourth-order valence-corrected chi connectivity index (χ4v) is 1.70. The van der Waals surface area contributed by atoms with Gasteiger partial charge in [0.1, 0.15) is 5.75 Å². The molecule has 0 atom stereocenters. The van der Waals surface area contributed by atoms with Crippen LogP contribution < -0.4 is 16.0 Å². The van der Waals surface area contributed by atoms with Crippen molar-refractivity contribution >= 4 is 5.95 Å². The zero-order valence-electron chi connectivity index (χ0n) is 11.3. The zero-order chi connectivity index (χ0) is 13.8. The van der Waals surface area contributed by atoms with Gasteiger partial charge in [-0.05, 0) is 30.5 Å². The van der Waals surface area contributed by atoms with E-state index < -0.39 is 0 Å². The van der Waals surface area contributed by atoms with Crippen LogP contribution in [-0.4, -0.2) is 9.97 Å². The fraction of sp³-hybridized carbons (Fsp3) is 0.286. The van der Waals surface area contributed by atoms with E-state index in [0.717, 1.165) is 11.4 Å². The fourth-order valence-electron chi connectivity index (χ4n) is 1.70. The third kappa shape index (κ3) is 3.42. The topological polar surface area (TPSA) is 73.1 Å². The first kappa shape index (κ1) is 13.3. The maximum atomic E-state index is 5.69. The number of rotatable bonds is 4. The second kappa shape index (κ2) is 5.67. The van der Waals surface area contributed by atoms with Gasteiger partial charge in [0.25, 0.3) is 0 Å². The van der Waals surface area contributed by atoms with Crippen molar-refractivity contribution in [3.8, 4) is 11.6 Å². The summed E-state index contributed by atoms with van der Waals surface area (Å²) in [6.07, 6.45) is 0. The van der Waals surface area contributed by atoms with Crippen LogP contribution in [0.2, 0.25) is 0 Å². The number of nitrogens with zero attached hydrogens (tertiary/aromatic N) is 2. The van der Waals surface area contributed by atoms with Gasteiger partial charge >= 0.3 is 0 Å². The van der Waals surface area contributed by atoms with Gasteiger partial charge in [-0.2, -0.15) is 4.98 Å². The molecule has 0 aliphatic heterocycles. The highest BCUT2D eigenvalue weighted by molar-refractivity contribution is 5.34. The van der Waals surface area contributed by atoms with Gasteiger partial charge in [0, 0.05) is 11.8 Å². The smallest absolute Gasteiger partial charge is 0.240 e. The van der Waals surface area contributed by atoms with E-state index in [2.05, 4.69) is 41.4 Å². The van der Waals surface area contributed by atoms with Crippen molar-refractivity contribution in [2.75, 3.05) is 5.43 Å². The highest BCUT2D eigenvalue weighted by Crippen LogP contribution is 2.23. The van der Waals surface area contributed by atoms with Crippen LogP contribution in [0.5, 0.6) is 11.6 Å². The molecule has 0 spiro atoms. The summed E-state index contributed by atoms with van der Waals surface area (Å²) in [4.78, 5) is 8.24. The minimum atomic E-state index is 0.341. The number of aryl methyl sites for hydroxylation is 1. The normalized spacial score (nSPS) is 10.6. The quantitative estimate of drug-likeness (QED) is 0.651. The maximum absolute atomic E-state index is 5.69. The molecule has 1 aromatic carbocycles. The monoisotopic (exact) mass is 258 g/mol. The van der Waals surface area contributed by atoms with Crippen molar-refractivity contribution in [3.05, 3.63) is 41.6 Å². The molecule has 5 heteroatoms. The summed E-state index contributed by atoms with van der Waals surface area (Å²) < 4.78 is 5.69. The highest BCUT2D eigenvalue weighted by atomic mass is 16.5. The van der Waals surface area contributed by atoms with Crippen LogP contribution in [0.4, 0.5) is 5.95 Å². The van der Waals surface area contributed by atoms with Crippen LogP contribution in [-0.2, 0) is 0 Å². The van der Waals surface area contributed by atoms with Crippen LogP contribution in [0.3, 0.4) is 0 Å². The molecule has 3 N–H and O–H groups in total. The summed E-state index contributed by atoms with van der Waals surface area (Å²) in [6.45, 7) is 6.17. The molecule has 0 saturated carbocycles. The van der Waals surface area contributed by atoms with Crippen molar-refractivity contribution in [2.24, 2.45) is 5.84 Å². The Morgan fingerprint density at radius 1 is 1.16 bits per heavy atom. The molecule has 0 radical (unpaired) electrons. The molecular weight excluding hydrogens is 240 g/mol. The molecule has 0 amide bonds. The van der Waals surface area contributed by atoms with Gasteiger partial charge in [-0.1, -0.05) is 26.0 Å². The summed E-state index contributed by atoms with van der Waals surface area (Å²) >= 11 is 0. The number of anilines is 1. The number of aromatic nitrogens is 2. The van der Waals surface area contributed by atoms with E-state index in [9.17, 15) is 0 Å². The van der Waals surface area contributed by atoms with Crippen molar-refractivity contribution < 1.29 is 4.74 Å². The van der Waals surface area contributed by atoms with E-state index in [-0.39, 0.29) is 0 Å². The number of hydrogen-bond donors (Lipinski definition) is 2. The summed E-state index contributed by atoms with van der Waals surface area (Å²) in [7, 11) is 0. The van der Waals surface area contributed by atoms with E-state index in [0.29, 0.717) is 17.7 Å². The number of hydrazine groups is 1. The Morgan fingerprint density at radius 2 is 1.84 bits per heavy atom. The minimum absolute atomic E-state index is 0.341. The first-order valence-corrected chi connectivity index (χ1v) is 6.18. The Labute approximate surface area is 112 Å². The molecule has 5 nitrogen and oxygen atoms in total. The Bertz CT molecular complexity index is 552. The lowest BCUT2D eigenvalue weighted by atomic mass is 10.0. The Hall–Kier alpha value is -2.14. The van der Waals surface area contributed by atoms with Gasteiger partial charge in [-0.3, -0.25) is 5.43 Å². The van der Waals surface area contributed by atoms with Crippen LogP contribution in [0, 0.1) is 6.92 Å². The Balaban J connectivity index is 2.18. The van der Waals surface area contributed by atoms with Crippen molar-refractivity contribution in [1.29, 1.82) is 0 Å². The Morgan fingerprint density at radius 3 is 2.42 bits per heavy atom. The SMILES string of the molecule is Cc1cc(Oc2ccc(C(C)C)cc2)nc(NN)n1. The standard InChI is InChI=1S/C14H18N4O/c1-9(2)11-4-6-12(7-5-11)19-13-8-10(3)16-14(17-13)18-15/h4-9H,15H2,1-3H3,(H,16,17,18). The molecule has 1 aromatic heterocycles. The molecule has 0 unspecified atom stereocenters. The number of nitrogens with one attached hydrogen (secondary N) is 1. The average molecular weight is 258 g/mol. The van der Waals surface area contributed by atoms with Crippen molar-refractivity contribution in [1.82, 2.24) is 9.97 Å². The first-order valence-electron chi connectivity index (χ1n) is 6.18. The van der Waals surface area contributed by atoms with E-state index in [4.69, 9.17) is 10.6 Å². The third-order valence-electron chi connectivity index (χ3n) is 2.73. The molecule has 1 heterocycles. The predicted octanol–water partition coefficient (Wildman–Crippen LogP) is 2.99. The van der Waals surface area contributed by atoms with E-state index in [1.54, 1.807) is 6.07 Å². The lowest BCUT2D eigenvalue weighted by Gasteiger charge is -2.09. The molecule has 0 fully saturated rings. The minimum Gasteiger partial charge on any atom is -0.439 e. The van der Waals surface area contributed by atoms with Gasteiger partial charge in [-0.25, -0.2) is 10.8 Å². The predicted molar refractivity (Wildman–Crippen MR) is 75.2 cm³/mol. The molecule has 0 aliphatic rings. The number of nitrogen functional groups attached to an aromatic ring is 1. The largest absolute Gasteiger partial charge is 0.439 e. The maximum Gasteiger partial charge on any atom is 0.240 e. The van der Waals surface area contributed by atoms with Crippen LogP contribution in [0.15, 0.2) is 30.3 Å². The van der Waals surface area contributed by atoms with Crippen LogP contribution >= 0.6 is 0 Å². The van der Waals surface area contributed by atoms with Crippen LogP contribution in [0.1, 0.15) is 31.0 Å². The molecular formula is C14H18N4O. The van der Waals surface area contributed by atoms with E-state index >= 15 is 0 Å². The molecule has 2 rings (SSSR count). The van der Waals surface area contributed by atoms with Gasteiger partial charge in [0.2, 0.25) is 11.8 Å². The second-order valence-corrected chi connectivity index (χ2v) is 4.64. The average Bonchev–Trinajstić information content (AvgIpc) is 2.38. The lowest BCUT2D eigenvalue weighted by molar-refractivity contribution is 0.461. The first-order chi connectivity index (χ1) is 9.08. The second-order valence-electron chi connectivity index (χ2n) is 4.64. The molecule has 0 aliphatic carbocycles. The molecule has 100 valence electrons. The number of benzene rings is 1. The van der Waals surface area contributed by atoms with Gasteiger partial charge < -0.3 is 4.74 Å². The van der Waals surface area contributed by atoms with Crippen molar-refractivity contribution in [2.45, 2.75) is 26.7 Å².